The number of methoxy groups -OCH3 is 2. The molecule has 0 saturated heterocycles. The van der Waals surface area contributed by atoms with Crippen molar-refractivity contribution in [2.75, 3.05) is 14.2 Å². The number of ether oxygens (including phenoxy) is 3. The van der Waals surface area contributed by atoms with E-state index in [-0.39, 0.29) is 17.9 Å². The van der Waals surface area contributed by atoms with Gasteiger partial charge in [0.25, 0.3) is 0 Å². The third-order valence-electron chi connectivity index (χ3n) is 4.17. The van der Waals surface area contributed by atoms with Crippen molar-refractivity contribution in [2.45, 2.75) is 19.3 Å². The fourth-order valence-electron chi connectivity index (χ4n) is 2.62. The molecule has 0 N–H and O–H groups in total. The second-order valence-electron chi connectivity index (χ2n) is 6.16. The van der Waals surface area contributed by atoms with Crippen LogP contribution in [0.1, 0.15) is 18.7 Å². The molecule has 0 unspecified atom stereocenters. The van der Waals surface area contributed by atoms with Crippen molar-refractivity contribution in [1.29, 1.82) is 0 Å². The largest absolute Gasteiger partial charge is 0.497 e. The van der Waals surface area contributed by atoms with Gasteiger partial charge in [0.05, 0.1) is 25.2 Å². The number of nitro groups is 1. The number of aromatic nitrogens is 2. The molecule has 0 aliphatic heterocycles. The minimum atomic E-state index is -0.635. The van der Waals surface area contributed by atoms with Gasteiger partial charge >= 0.3 is 11.7 Å². The molecule has 3 aromatic rings. The summed E-state index contributed by atoms with van der Waals surface area (Å²) in [4.78, 5) is 26.9. The highest BCUT2D eigenvalue weighted by Gasteiger charge is 2.19. The second-order valence-corrected chi connectivity index (χ2v) is 6.16. The van der Waals surface area contributed by atoms with E-state index in [1.165, 1.54) is 25.3 Å². The molecule has 3 rings (SSSR count). The summed E-state index contributed by atoms with van der Waals surface area (Å²) in [7, 11) is 2.97. The number of esters is 1. The van der Waals surface area contributed by atoms with E-state index in [0.717, 1.165) is 11.3 Å². The fraction of sp³-hybridized carbons (Fsp3) is 0.250. The van der Waals surface area contributed by atoms with Crippen LogP contribution in [0.15, 0.2) is 47.0 Å². The van der Waals surface area contributed by atoms with Crippen molar-refractivity contribution in [3.63, 3.8) is 0 Å². The van der Waals surface area contributed by atoms with Gasteiger partial charge in [-0.05, 0) is 42.8 Å². The van der Waals surface area contributed by atoms with Crippen LogP contribution >= 0.6 is 0 Å². The molecule has 0 atom stereocenters. The Bertz CT molecular complexity index is 1030. The third-order valence-corrected chi connectivity index (χ3v) is 4.17. The van der Waals surface area contributed by atoms with Gasteiger partial charge in [-0.3, -0.25) is 14.9 Å². The van der Waals surface area contributed by atoms with E-state index in [1.807, 2.05) is 12.1 Å². The van der Waals surface area contributed by atoms with Gasteiger partial charge in [0.1, 0.15) is 11.5 Å². The van der Waals surface area contributed by atoms with Crippen LogP contribution in [0.2, 0.25) is 0 Å². The molecule has 0 saturated carbocycles. The lowest BCUT2D eigenvalue weighted by atomic mass is 10.2. The number of rotatable bonds is 9. The molecule has 0 bridgehead atoms. The quantitative estimate of drug-likeness (QED) is 0.224. The van der Waals surface area contributed by atoms with Gasteiger partial charge in [-0.25, -0.2) is 0 Å². The van der Waals surface area contributed by atoms with Crippen molar-refractivity contribution in [1.82, 2.24) is 10.1 Å². The molecule has 0 aliphatic carbocycles. The predicted octanol–water partition coefficient (Wildman–Crippen LogP) is 3.59. The first kappa shape index (κ1) is 20.8. The van der Waals surface area contributed by atoms with Gasteiger partial charge in [0, 0.05) is 18.4 Å². The number of hydrogen-bond acceptors (Lipinski definition) is 9. The summed E-state index contributed by atoms with van der Waals surface area (Å²) < 4.78 is 20.4. The lowest BCUT2D eigenvalue weighted by Crippen LogP contribution is -2.09. The molecular formula is C20H19N3O7. The van der Waals surface area contributed by atoms with Crippen LogP contribution in [0.5, 0.6) is 17.2 Å². The van der Waals surface area contributed by atoms with E-state index in [2.05, 4.69) is 10.1 Å². The van der Waals surface area contributed by atoms with Crippen molar-refractivity contribution < 1.29 is 28.5 Å². The monoisotopic (exact) mass is 413 g/mol. The normalized spacial score (nSPS) is 10.5. The van der Waals surface area contributed by atoms with Crippen LogP contribution in [0, 0.1) is 10.1 Å². The van der Waals surface area contributed by atoms with E-state index >= 15 is 0 Å². The average Bonchev–Trinajstić information content (AvgIpc) is 3.22. The molecule has 1 heterocycles. The predicted molar refractivity (Wildman–Crippen MR) is 105 cm³/mol. The molecule has 1 aromatic heterocycles. The molecule has 0 fully saturated rings. The van der Waals surface area contributed by atoms with Crippen LogP contribution in [-0.4, -0.2) is 35.3 Å². The Morgan fingerprint density at radius 1 is 1.10 bits per heavy atom. The van der Waals surface area contributed by atoms with E-state index in [9.17, 15) is 14.9 Å². The first-order valence-electron chi connectivity index (χ1n) is 9.00. The number of carbonyl (C=O) groups is 1. The summed E-state index contributed by atoms with van der Waals surface area (Å²) >= 11 is 0. The van der Waals surface area contributed by atoms with Gasteiger partial charge in [-0.15, -0.1) is 0 Å². The molecule has 10 heteroatoms. The highest BCUT2D eigenvalue weighted by molar-refractivity contribution is 5.74. The molecule has 30 heavy (non-hydrogen) atoms. The van der Waals surface area contributed by atoms with Crippen molar-refractivity contribution in [3.8, 4) is 28.6 Å². The van der Waals surface area contributed by atoms with Crippen LogP contribution in [0.3, 0.4) is 0 Å². The maximum Gasteiger partial charge on any atom is 0.315 e. The zero-order valence-electron chi connectivity index (χ0n) is 16.4. The topological polar surface area (TPSA) is 127 Å². The number of benzene rings is 2. The van der Waals surface area contributed by atoms with Gasteiger partial charge in [0.15, 0.2) is 0 Å². The lowest BCUT2D eigenvalue weighted by Gasteiger charge is -2.06. The minimum Gasteiger partial charge on any atom is -0.497 e. The molecule has 10 nitrogen and oxygen atoms in total. The van der Waals surface area contributed by atoms with Crippen LogP contribution < -0.4 is 14.2 Å². The fourth-order valence-corrected chi connectivity index (χ4v) is 2.62. The summed E-state index contributed by atoms with van der Waals surface area (Å²) in [5, 5.41) is 15.1. The average molecular weight is 413 g/mol. The zero-order valence-corrected chi connectivity index (χ0v) is 16.4. The van der Waals surface area contributed by atoms with E-state index in [1.54, 1.807) is 19.2 Å². The van der Waals surface area contributed by atoms with Crippen LogP contribution in [-0.2, 0) is 11.2 Å². The van der Waals surface area contributed by atoms with Gasteiger partial charge in [-0.2, -0.15) is 4.98 Å². The Labute approximate surface area is 171 Å². The van der Waals surface area contributed by atoms with Crippen molar-refractivity contribution >= 4 is 11.7 Å². The van der Waals surface area contributed by atoms with Crippen molar-refractivity contribution in [3.05, 3.63) is 58.5 Å². The molecule has 2 aromatic carbocycles. The van der Waals surface area contributed by atoms with Crippen LogP contribution in [0.25, 0.3) is 11.4 Å². The smallest absolute Gasteiger partial charge is 0.315 e. The first-order chi connectivity index (χ1) is 14.5. The Morgan fingerprint density at radius 3 is 2.47 bits per heavy atom. The van der Waals surface area contributed by atoms with Gasteiger partial charge in [0.2, 0.25) is 17.5 Å². The summed E-state index contributed by atoms with van der Waals surface area (Å²) in [6, 6.07) is 11.2. The number of aryl methyl sites for hydroxylation is 1. The Kier molecular flexibility index (Phi) is 6.58. The zero-order chi connectivity index (χ0) is 21.5. The molecule has 0 spiro atoms. The van der Waals surface area contributed by atoms with Crippen molar-refractivity contribution in [2.24, 2.45) is 0 Å². The van der Waals surface area contributed by atoms with E-state index in [0.29, 0.717) is 30.3 Å². The Hall–Kier alpha value is -3.95. The Balaban J connectivity index is 1.54. The molecule has 156 valence electrons. The lowest BCUT2D eigenvalue weighted by molar-refractivity contribution is -0.385. The van der Waals surface area contributed by atoms with E-state index < -0.39 is 10.9 Å². The minimum absolute atomic E-state index is 0.0312. The third kappa shape index (κ3) is 5.10. The summed E-state index contributed by atoms with van der Waals surface area (Å²) in [6.07, 6.45) is 0.777. The van der Waals surface area contributed by atoms with E-state index in [4.69, 9.17) is 18.7 Å². The maximum absolute atomic E-state index is 12.1. The molecule has 0 amide bonds. The molecule has 0 radical (unpaired) electrons. The molecular weight excluding hydrogens is 394 g/mol. The standard InChI is InChI=1S/C20H19N3O7/c1-27-14-8-6-13(7-9-14)20-21-18(30-22-20)4-3-5-19(24)29-17-11-10-15(28-2)12-16(17)23(25)26/h6-12H,3-5H2,1-2H3. The number of nitrogens with zero attached hydrogens (tertiary/aromatic N) is 3. The highest BCUT2D eigenvalue weighted by atomic mass is 16.6. The maximum atomic E-state index is 12.1. The summed E-state index contributed by atoms with van der Waals surface area (Å²) in [5.41, 5.74) is 0.431. The summed E-state index contributed by atoms with van der Waals surface area (Å²) in [6.45, 7) is 0. The summed E-state index contributed by atoms with van der Waals surface area (Å²) in [5.74, 6) is 1.10. The van der Waals surface area contributed by atoms with Gasteiger partial charge in [-0.1, -0.05) is 5.16 Å². The highest BCUT2D eigenvalue weighted by Crippen LogP contribution is 2.31. The van der Waals surface area contributed by atoms with Crippen LogP contribution in [0.4, 0.5) is 5.69 Å². The molecule has 0 aliphatic rings. The SMILES string of the molecule is COc1ccc(-c2noc(CCCC(=O)Oc3ccc(OC)cc3[N+](=O)[O-])n2)cc1. The first-order valence-corrected chi connectivity index (χ1v) is 9.00. The second kappa shape index (κ2) is 9.50. The number of hydrogen-bond donors (Lipinski definition) is 0. The van der Waals surface area contributed by atoms with Gasteiger partial charge < -0.3 is 18.7 Å². The number of carbonyl (C=O) groups excluding carboxylic acids is 1. The Morgan fingerprint density at radius 2 is 1.80 bits per heavy atom. The number of nitro benzene ring substituents is 1.